The topological polar surface area (TPSA) is 54.4 Å². The van der Waals surface area contributed by atoms with Crippen molar-refractivity contribution >= 4 is 24.8 Å². The number of β-amino-alcohol motifs (C(OH)–C–C–N with tert-alkyl or cyclic N) is 1. The molecule has 2 heterocycles. The number of fused-ring (bicyclic) bond motifs is 1. The average Bonchev–Trinajstić information content (AvgIpc) is 3.18. The Morgan fingerprint density at radius 2 is 1.57 bits per heavy atom. The van der Waals surface area contributed by atoms with Gasteiger partial charge < -0.3 is 19.3 Å². The standard InChI is InChI=1S/C22H28N2O4.2ClH/c25-20(16-26-15-18-4-2-1-3-5-18)14-24-10-8-23(9-11-24)13-19-6-7-21-22(12-19)28-17-27-21;;/h1-7,12,20,25H,8-11,13-17H2;2*1H. The maximum Gasteiger partial charge on any atom is 0.231 e. The van der Waals surface area contributed by atoms with Crippen molar-refractivity contribution in [2.45, 2.75) is 19.3 Å². The third-order valence-corrected chi connectivity index (χ3v) is 5.20. The van der Waals surface area contributed by atoms with E-state index in [1.807, 2.05) is 36.4 Å². The smallest absolute Gasteiger partial charge is 0.231 e. The van der Waals surface area contributed by atoms with E-state index in [-0.39, 0.29) is 24.8 Å². The number of benzene rings is 2. The fourth-order valence-corrected chi connectivity index (χ4v) is 3.67. The van der Waals surface area contributed by atoms with Crippen LogP contribution < -0.4 is 9.47 Å². The van der Waals surface area contributed by atoms with Crippen molar-refractivity contribution in [3.8, 4) is 11.5 Å². The molecule has 0 aliphatic carbocycles. The summed E-state index contributed by atoms with van der Waals surface area (Å²) in [6, 6.07) is 16.2. The Morgan fingerprint density at radius 1 is 0.867 bits per heavy atom. The maximum absolute atomic E-state index is 10.3. The summed E-state index contributed by atoms with van der Waals surface area (Å²) in [5, 5.41) is 10.3. The molecule has 4 rings (SSSR count). The minimum Gasteiger partial charge on any atom is -0.454 e. The Hall–Kier alpha value is -1.54. The number of aliphatic hydroxyl groups is 1. The Kier molecular flexibility index (Phi) is 10.2. The molecule has 0 aromatic heterocycles. The zero-order valence-corrected chi connectivity index (χ0v) is 18.6. The lowest BCUT2D eigenvalue weighted by Gasteiger charge is -2.35. The van der Waals surface area contributed by atoms with Crippen molar-refractivity contribution in [3.63, 3.8) is 0 Å². The first kappa shape index (κ1) is 24.7. The molecule has 1 atom stereocenters. The molecule has 166 valence electrons. The van der Waals surface area contributed by atoms with Crippen LogP contribution in [0.4, 0.5) is 0 Å². The van der Waals surface area contributed by atoms with E-state index in [2.05, 4.69) is 21.9 Å². The van der Waals surface area contributed by atoms with E-state index in [0.29, 0.717) is 26.6 Å². The van der Waals surface area contributed by atoms with Crippen molar-refractivity contribution in [2.24, 2.45) is 0 Å². The lowest BCUT2D eigenvalue weighted by atomic mass is 10.1. The second-order valence-electron chi connectivity index (χ2n) is 7.42. The van der Waals surface area contributed by atoms with Crippen LogP contribution in [0, 0.1) is 0 Å². The number of aliphatic hydroxyl groups excluding tert-OH is 1. The molecule has 0 saturated carbocycles. The fraction of sp³-hybridized carbons (Fsp3) is 0.455. The van der Waals surface area contributed by atoms with Gasteiger partial charge in [0, 0.05) is 39.3 Å². The fourth-order valence-electron chi connectivity index (χ4n) is 3.67. The lowest BCUT2D eigenvalue weighted by Crippen LogP contribution is -2.48. The summed E-state index contributed by atoms with van der Waals surface area (Å²) < 4.78 is 16.5. The number of ether oxygens (including phenoxy) is 3. The summed E-state index contributed by atoms with van der Waals surface area (Å²) in [5.41, 5.74) is 2.37. The van der Waals surface area contributed by atoms with E-state index in [1.165, 1.54) is 5.56 Å². The third-order valence-electron chi connectivity index (χ3n) is 5.20. The molecule has 2 aliphatic rings. The van der Waals surface area contributed by atoms with E-state index < -0.39 is 6.10 Å². The van der Waals surface area contributed by atoms with E-state index >= 15 is 0 Å². The number of halogens is 2. The first-order chi connectivity index (χ1) is 13.8. The summed E-state index contributed by atoms with van der Waals surface area (Å²) in [7, 11) is 0. The zero-order chi connectivity index (χ0) is 19.2. The van der Waals surface area contributed by atoms with Gasteiger partial charge in [0.25, 0.3) is 0 Å². The van der Waals surface area contributed by atoms with E-state index in [0.717, 1.165) is 49.8 Å². The zero-order valence-electron chi connectivity index (χ0n) is 16.9. The highest BCUT2D eigenvalue weighted by atomic mass is 35.5. The van der Waals surface area contributed by atoms with E-state index in [1.54, 1.807) is 0 Å². The molecule has 0 spiro atoms. The van der Waals surface area contributed by atoms with Crippen LogP contribution in [0.2, 0.25) is 0 Å². The summed E-state index contributed by atoms with van der Waals surface area (Å²) >= 11 is 0. The van der Waals surface area contributed by atoms with Gasteiger partial charge in [-0.1, -0.05) is 36.4 Å². The van der Waals surface area contributed by atoms with Crippen LogP contribution in [0.3, 0.4) is 0 Å². The Morgan fingerprint density at radius 3 is 2.33 bits per heavy atom. The normalized spacial score (nSPS) is 17.1. The molecule has 1 unspecified atom stereocenters. The highest BCUT2D eigenvalue weighted by Crippen LogP contribution is 2.32. The van der Waals surface area contributed by atoms with Crippen LogP contribution >= 0.6 is 24.8 Å². The van der Waals surface area contributed by atoms with Crippen molar-refractivity contribution in [3.05, 3.63) is 59.7 Å². The third kappa shape index (κ3) is 7.01. The molecule has 0 amide bonds. The van der Waals surface area contributed by atoms with Crippen molar-refractivity contribution < 1.29 is 19.3 Å². The quantitative estimate of drug-likeness (QED) is 0.658. The molecule has 1 N–H and O–H groups in total. The predicted molar refractivity (Wildman–Crippen MR) is 121 cm³/mol. The Balaban J connectivity index is 0.00000160. The predicted octanol–water partition coefficient (Wildman–Crippen LogP) is 2.95. The number of piperazine rings is 1. The molecule has 6 nitrogen and oxygen atoms in total. The second kappa shape index (κ2) is 12.3. The lowest BCUT2D eigenvalue weighted by molar-refractivity contribution is 0.000875. The van der Waals surface area contributed by atoms with Crippen LogP contribution in [0.25, 0.3) is 0 Å². The minimum atomic E-state index is -0.455. The van der Waals surface area contributed by atoms with Gasteiger partial charge in [0.05, 0.1) is 19.3 Å². The van der Waals surface area contributed by atoms with Gasteiger partial charge in [-0.3, -0.25) is 9.80 Å². The highest BCUT2D eigenvalue weighted by molar-refractivity contribution is 5.85. The van der Waals surface area contributed by atoms with Gasteiger partial charge in [-0.05, 0) is 23.3 Å². The summed E-state index contributed by atoms with van der Waals surface area (Å²) in [4.78, 5) is 4.75. The second-order valence-corrected chi connectivity index (χ2v) is 7.42. The van der Waals surface area contributed by atoms with Crippen LogP contribution in [0.1, 0.15) is 11.1 Å². The summed E-state index contributed by atoms with van der Waals surface area (Å²) in [6.07, 6.45) is -0.455. The SMILES string of the molecule is Cl.Cl.OC(COCc1ccccc1)CN1CCN(Cc2ccc3c(c2)OCO3)CC1. The molecular formula is C22H30Cl2N2O4. The van der Waals surface area contributed by atoms with Gasteiger partial charge in [0.15, 0.2) is 11.5 Å². The monoisotopic (exact) mass is 456 g/mol. The van der Waals surface area contributed by atoms with Crippen molar-refractivity contribution in [1.29, 1.82) is 0 Å². The van der Waals surface area contributed by atoms with Gasteiger partial charge in [-0.2, -0.15) is 0 Å². The van der Waals surface area contributed by atoms with Gasteiger partial charge >= 0.3 is 0 Å². The van der Waals surface area contributed by atoms with Crippen molar-refractivity contribution in [1.82, 2.24) is 9.80 Å². The van der Waals surface area contributed by atoms with E-state index in [9.17, 15) is 5.11 Å². The largest absolute Gasteiger partial charge is 0.454 e. The van der Waals surface area contributed by atoms with Crippen LogP contribution in [0.15, 0.2) is 48.5 Å². The summed E-state index contributed by atoms with van der Waals surface area (Å²) in [5.74, 6) is 1.67. The molecule has 30 heavy (non-hydrogen) atoms. The van der Waals surface area contributed by atoms with Crippen LogP contribution in [-0.4, -0.2) is 67.1 Å². The molecule has 2 aromatic carbocycles. The van der Waals surface area contributed by atoms with Gasteiger partial charge in [0.2, 0.25) is 6.79 Å². The van der Waals surface area contributed by atoms with Gasteiger partial charge in [0.1, 0.15) is 0 Å². The number of hydrogen-bond acceptors (Lipinski definition) is 6. The van der Waals surface area contributed by atoms with E-state index in [4.69, 9.17) is 14.2 Å². The van der Waals surface area contributed by atoms with Gasteiger partial charge in [-0.15, -0.1) is 24.8 Å². The first-order valence-corrected chi connectivity index (χ1v) is 9.89. The Bertz CT molecular complexity index is 758. The number of nitrogens with zero attached hydrogens (tertiary/aromatic N) is 2. The molecule has 1 saturated heterocycles. The first-order valence-electron chi connectivity index (χ1n) is 9.89. The Labute approximate surface area is 190 Å². The molecule has 0 bridgehead atoms. The molecule has 1 fully saturated rings. The van der Waals surface area contributed by atoms with Crippen molar-refractivity contribution in [2.75, 3.05) is 46.1 Å². The minimum absolute atomic E-state index is 0. The van der Waals surface area contributed by atoms with Gasteiger partial charge in [-0.25, -0.2) is 0 Å². The summed E-state index contributed by atoms with van der Waals surface area (Å²) in [6.45, 7) is 6.70. The highest BCUT2D eigenvalue weighted by Gasteiger charge is 2.20. The van der Waals surface area contributed by atoms with Crippen LogP contribution in [-0.2, 0) is 17.9 Å². The number of hydrogen-bond donors (Lipinski definition) is 1. The molecular weight excluding hydrogens is 427 g/mol. The average molecular weight is 457 g/mol. The maximum atomic E-state index is 10.3. The molecule has 0 radical (unpaired) electrons. The molecule has 2 aliphatic heterocycles. The molecule has 8 heteroatoms. The van der Waals surface area contributed by atoms with Crippen LogP contribution in [0.5, 0.6) is 11.5 Å². The molecule has 2 aromatic rings. The number of rotatable bonds is 8.